The Hall–Kier alpha value is -0.224. The summed E-state index contributed by atoms with van der Waals surface area (Å²) in [4.78, 5) is 24.3. The largest absolute Gasteiger partial charge is 1.00 e. The van der Waals surface area contributed by atoms with Gasteiger partial charge >= 0.3 is 51.4 Å². The number of rotatable bonds is 17. The molecule has 0 saturated heterocycles. The van der Waals surface area contributed by atoms with Crippen LogP contribution < -0.4 is 79.6 Å². The summed E-state index contributed by atoms with van der Waals surface area (Å²) in [7, 11) is 24.0. The van der Waals surface area contributed by atoms with Gasteiger partial charge < -0.3 is 89.6 Å². The van der Waals surface area contributed by atoms with Gasteiger partial charge in [0.1, 0.15) is 11.3 Å². The van der Waals surface area contributed by atoms with Crippen LogP contribution in [0.25, 0.3) is 0 Å². The standard InChI is InChI=1S/C8H20N2.C7H18N2.C7H13NO.C7H17NO.C6H16N2.C6H12N2.C5H13NO.C5H12O2.C3H6O.C2H7N.CN.2ClH.K/c1-8(2,10(3)4)6-5-7-9;1-7(2,5-6-8)9(3)4;1-6-8-7(2,3)4-5-9-6;1-7(2,5-6-9)8(3)4;2*1-6(2,5-7)8(3)4;1-5(2,6)3-4-7;1-5(2,7)3-4-6;1-3(2)4;1-3-2;1-2;;;/h5-7,9H2,1-4H3;5-6,8H2,1-4H3;4-5H2,1-3H3;9H,5-6H2,1-4H3;5,7H2,1-4H3;1-4H3;7H,3-4,6H2,1-2H3;6-7H,3-4H2,1-2H3;1-2H3;3H,1-2H3;;2*1H;/q;;;;;;;;;;-1;;;+1. The molecule has 0 radical (unpaired) electrons. The van der Waals surface area contributed by atoms with E-state index in [1.807, 2.05) is 95.9 Å². The molecule has 0 spiro atoms. The fourth-order valence-electron chi connectivity index (χ4n) is 3.64. The van der Waals surface area contributed by atoms with Gasteiger partial charge in [-0.15, -0.1) is 24.8 Å². The number of aliphatic hydroxyl groups is 4. The van der Waals surface area contributed by atoms with Crippen molar-refractivity contribution in [1.82, 2.24) is 29.8 Å². The maximum atomic E-state index is 9.44. The van der Waals surface area contributed by atoms with E-state index in [9.17, 15) is 4.79 Å². The van der Waals surface area contributed by atoms with Crippen molar-refractivity contribution in [2.75, 3.05) is 131 Å². The summed E-state index contributed by atoms with van der Waals surface area (Å²) in [6.07, 6.45) is 6.34. The average Bonchev–Trinajstić information content (AvgIpc) is 3.24. The molecule has 0 aromatic rings. The topological polar surface area (TPSA) is 299 Å². The van der Waals surface area contributed by atoms with Crippen molar-refractivity contribution in [3.05, 3.63) is 6.57 Å². The smallest absolute Gasteiger partial charge is 0.512 e. The van der Waals surface area contributed by atoms with E-state index in [4.69, 9.17) is 65.2 Å². The van der Waals surface area contributed by atoms with E-state index in [2.05, 4.69) is 133 Å². The number of likely N-dealkylation sites (N-methyl/N-ethyl adjacent to an activating group) is 1. The molecule has 19 nitrogen and oxygen atoms in total. The average molecular weight is 1210 g/mol. The Morgan fingerprint density at radius 1 is 0.646 bits per heavy atom. The van der Waals surface area contributed by atoms with Crippen molar-refractivity contribution in [1.29, 1.82) is 10.5 Å². The van der Waals surface area contributed by atoms with Crippen LogP contribution in [0.15, 0.2) is 4.99 Å². The van der Waals surface area contributed by atoms with Gasteiger partial charge in [-0.3, -0.25) is 4.90 Å². The molecule has 22 heteroatoms. The second-order valence-corrected chi connectivity index (χ2v) is 24.7. The summed E-state index contributed by atoms with van der Waals surface area (Å²) in [6.45, 7) is 45.8. The van der Waals surface area contributed by atoms with Gasteiger partial charge in [0.2, 0.25) is 0 Å². The van der Waals surface area contributed by atoms with Crippen LogP contribution in [-0.2, 0) is 9.53 Å². The Kier molecular flexibility index (Phi) is 84.9. The number of nitrogens with two attached hydrogens (primary N) is 4. The van der Waals surface area contributed by atoms with Gasteiger partial charge in [0.15, 0.2) is 5.90 Å². The van der Waals surface area contributed by atoms with Crippen LogP contribution in [0.1, 0.15) is 176 Å². The first-order valence-corrected chi connectivity index (χ1v) is 26.6. The van der Waals surface area contributed by atoms with Crippen molar-refractivity contribution >= 4 is 36.5 Å². The van der Waals surface area contributed by atoms with Crippen molar-refractivity contribution in [3.8, 4) is 6.07 Å². The number of hydrogen-bond acceptors (Lipinski definition) is 19. The van der Waals surface area contributed by atoms with Crippen LogP contribution >= 0.6 is 24.8 Å². The first-order valence-electron chi connectivity index (χ1n) is 26.6. The van der Waals surface area contributed by atoms with Crippen LogP contribution in [0, 0.1) is 23.2 Å². The molecule has 480 valence electrons. The molecule has 0 amide bonds. The normalized spacial score (nSPS) is 12.4. The molecular formula is C57H136Cl2KN13O6. The van der Waals surface area contributed by atoms with Crippen LogP contribution in [0.3, 0.4) is 0 Å². The number of aliphatic hydroxyl groups excluding tert-OH is 3. The monoisotopic (exact) mass is 1210 g/mol. The van der Waals surface area contributed by atoms with Crippen molar-refractivity contribution in [3.63, 3.8) is 0 Å². The van der Waals surface area contributed by atoms with Gasteiger partial charge in [-0.2, -0.15) is 5.26 Å². The van der Waals surface area contributed by atoms with E-state index in [0.717, 1.165) is 51.3 Å². The van der Waals surface area contributed by atoms with Crippen LogP contribution in [-0.4, -0.2) is 232 Å². The number of hydrogen-bond donors (Lipinski definition) is 9. The van der Waals surface area contributed by atoms with E-state index in [0.29, 0.717) is 24.9 Å². The Bertz CT molecular complexity index is 1340. The molecule has 1 rings (SSSR count). The molecule has 0 saturated carbocycles. The van der Waals surface area contributed by atoms with Gasteiger partial charge in [-0.05, 0) is 261 Å². The fraction of sp³-hybridized carbons (Fsp3) is 0.930. The third kappa shape index (κ3) is 94.4. The minimum atomic E-state index is -0.700. The van der Waals surface area contributed by atoms with Gasteiger partial charge in [0.05, 0.1) is 23.8 Å². The summed E-state index contributed by atoms with van der Waals surface area (Å²) in [5.41, 5.74) is 21.5. The SMILES string of the molecule is CC(C)(N)CCO.CC(C)(O)CCO.CC(C)=O.CC1=NC(C)(C)CCO1.CN(C)C(C)(C)C#N.CN(C)C(C)(C)CCCN.CN(C)C(C)(C)CCN.CN(C)C(C)(C)CCO.CN(C)C(C)(C)CN.CNC.Cl.Cl.[C-]#N.[K+]. The molecule has 79 heavy (non-hydrogen) atoms. The Morgan fingerprint density at radius 3 is 1.05 bits per heavy atom. The second kappa shape index (κ2) is 60.9. The molecule has 0 aromatic carbocycles. The molecule has 1 aliphatic heterocycles. The maximum Gasteiger partial charge on any atom is 1.00 e. The van der Waals surface area contributed by atoms with Crippen LogP contribution in [0.5, 0.6) is 0 Å². The minimum absolute atomic E-state index is 0. The molecule has 1 aliphatic rings. The molecule has 0 aromatic heterocycles. The Morgan fingerprint density at radius 2 is 0.949 bits per heavy atom. The zero-order chi connectivity index (χ0) is 63.8. The van der Waals surface area contributed by atoms with Crippen LogP contribution in [0.4, 0.5) is 0 Å². The third-order valence-electron chi connectivity index (χ3n) is 12.2. The number of Topliss-reactive ketones (excluding diaryl/α,β-unsaturated/α-hetero) is 1. The maximum absolute atomic E-state index is 9.44. The molecule has 0 atom stereocenters. The van der Waals surface area contributed by atoms with Crippen molar-refractivity contribution in [2.24, 2.45) is 27.9 Å². The van der Waals surface area contributed by atoms with E-state index in [1.54, 1.807) is 13.8 Å². The summed E-state index contributed by atoms with van der Waals surface area (Å²) >= 11 is 0. The van der Waals surface area contributed by atoms with Crippen molar-refractivity contribution < 1.29 is 81.3 Å². The number of halogens is 2. The predicted octanol–water partition coefficient (Wildman–Crippen LogP) is 3.81. The van der Waals surface area contributed by atoms with Gasteiger partial charge in [-0.1, -0.05) is 0 Å². The molecule has 13 N–H and O–H groups in total. The third-order valence-corrected chi connectivity index (χ3v) is 12.2. The second-order valence-electron chi connectivity index (χ2n) is 24.7. The van der Waals surface area contributed by atoms with E-state index < -0.39 is 5.60 Å². The zero-order valence-electron chi connectivity index (χ0n) is 57.7. The van der Waals surface area contributed by atoms with E-state index in [1.165, 1.54) is 20.3 Å². The number of nitrogens with one attached hydrogen (secondary N) is 1. The Balaban J connectivity index is -0.0000000558. The summed E-state index contributed by atoms with van der Waals surface area (Å²) < 4.78 is 5.16. The number of carbonyl (C=O) groups excluding carboxylic acids is 1. The van der Waals surface area contributed by atoms with Gasteiger partial charge in [-0.25, -0.2) is 4.99 Å². The molecule has 0 fully saturated rings. The van der Waals surface area contributed by atoms with Gasteiger partial charge in [0, 0.05) is 67.4 Å². The number of nitrogens with zero attached hydrogens (tertiary/aromatic N) is 8. The fourth-order valence-corrected chi connectivity index (χ4v) is 3.64. The van der Waals surface area contributed by atoms with Gasteiger partial charge in [0.25, 0.3) is 0 Å². The van der Waals surface area contributed by atoms with E-state index >= 15 is 0 Å². The predicted molar refractivity (Wildman–Crippen MR) is 344 cm³/mol. The molecule has 1 heterocycles. The number of ether oxygens (including phenoxy) is 1. The first kappa shape index (κ1) is 110. The van der Waals surface area contributed by atoms with E-state index in [-0.39, 0.29) is 135 Å². The number of nitriles is 1. The molecule has 0 unspecified atom stereocenters. The quantitative estimate of drug-likeness (QED) is 0.0739. The molecule has 0 bridgehead atoms. The minimum Gasteiger partial charge on any atom is -0.512 e. The number of carbonyl (C=O) groups is 1. The summed E-state index contributed by atoms with van der Waals surface area (Å²) in [5.74, 6) is 0.992. The number of ketones is 1. The van der Waals surface area contributed by atoms with Crippen LogP contribution in [0.2, 0.25) is 0 Å². The number of aliphatic imine (C=N–C) groups is 1. The molecular weight excluding hydrogens is 1070 g/mol. The summed E-state index contributed by atoms with van der Waals surface area (Å²) in [5, 5.41) is 51.5. The molecule has 0 aliphatic carbocycles. The zero-order valence-corrected chi connectivity index (χ0v) is 62.5. The Labute approximate surface area is 545 Å². The van der Waals surface area contributed by atoms with Crippen molar-refractivity contribution in [2.45, 2.75) is 221 Å². The summed E-state index contributed by atoms with van der Waals surface area (Å²) in [6, 6.07) is 2.17. The first-order chi connectivity index (χ1) is 33.9.